The van der Waals surface area contributed by atoms with Gasteiger partial charge in [0.05, 0.1) is 29.8 Å². The number of ether oxygens (including phenoxy) is 1. The first-order chi connectivity index (χ1) is 50.9. The van der Waals surface area contributed by atoms with Crippen LogP contribution in [0.25, 0.3) is 0 Å². The lowest BCUT2D eigenvalue weighted by molar-refractivity contribution is -0.140. The number of unbranched alkanes of at least 4 members (excludes halogenated alkanes) is 9. The zero-order chi connectivity index (χ0) is 86.4. The maximum atomic E-state index is 10.9. The highest BCUT2D eigenvalue weighted by atomic mass is 32.2. The number of carbonyl (C=O) groups is 6. The van der Waals surface area contributed by atoms with Crippen molar-refractivity contribution in [1.29, 1.82) is 0 Å². The number of ketones is 1. The van der Waals surface area contributed by atoms with Gasteiger partial charge < -0.3 is 37.5 Å². The lowest BCUT2D eigenvalue weighted by Crippen LogP contribution is -2.34. The Bertz CT molecular complexity index is 1810. The normalized spacial score (nSPS) is 12.7. The number of Topliss-reactive ketones (excluding diaryl/α,β-unsaturated/α-hetero) is 1. The topological polar surface area (TPSA) is 254 Å². The van der Waals surface area contributed by atoms with Crippen LogP contribution in [0.5, 0.6) is 0 Å². The molecule has 0 aliphatic rings. The van der Waals surface area contributed by atoms with E-state index >= 15 is 0 Å². The second-order valence-corrected chi connectivity index (χ2v) is 42.6. The van der Waals surface area contributed by atoms with E-state index < -0.39 is 5.97 Å². The maximum absolute atomic E-state index is 10.9. The van der Waals surface area contributed by atoms with Gasteiger partial charge >= 0.3 is 5.97 Å². The van der Waals surface area contributed by atoms with Gasteiger partial charge in [-0.1, -0.05) is 203 Å². The molecule has 4 amide bonds. The number of primary amides is 3. The first kappa shape index (κ1) is 130. The fraction of sp³-hybridized carbons (Fsp3) is 0.929. The molecule has 0 fully saturated rings. The van der Waals surface area contributed by atoms with Crippen molar-refractivity contribution in [3.63, 3.8) is 0 Å². The number of carboxylic acids is 1. The third-order valence-electron chi connectivity index (χ3n) is 14.1. The third-order valence-corrected chi connectivity index (χ3v) is 27.8. The van der Waals surface area contributed by atoms with Crippen molar-refractivity contribution in [2.45, 2.75) is 340 Å². The van der Waals surface area contributed by atoms with Gasteiger partial charge in [0.2, 0.25) is 23.6 Å². The number of nitrogens with one attached hydrogen (secondary N) is 2. The molecule has 0 aromatic carbocycles. The van der Waals surface area contributed by atoms with Crippen molar-refractivity contribution in [2.24, 2.45) is 57.6 Å². The van der Waals surface area contributed by atoms with E-state index in [1.54, 1.807) is 44.3 Å². The number of amides is 4. The fourth-order valence-corrected chi connectivity index (χ4v) is 17.6. The van der Waals surface area contributed by atoms with Crippen molar-refractivity contribution in [1.82, 2.24) is 10.6 Å². The van der Waals surface area contributed by atoms with Crippen LogP contribution >= 0.6 is 118 Å². The maximum Gasteiger partial charge on any atom is 0.307 e. The van der Waals surface area contributed by atoms with E-state index in [9.17, 15) is 28.8 Å². The summed E-state index contributed by atoms with van der Waals surface area (Å²) in [7, 11) is 0. The minimum Gasteiger partial charge on any atom is -0.481 e. The van der Waals surface area contributed by atoms with Crippen LogP contribution in [0.15, 0.2) is 0 Å². The number of hydrogen-bond acceptors (Lipinski definition) is 19. The summed E-state index contributed by atoms with van der Waals surface area (Å²) in [5.41, 5.74) is 15.5. The molecule has 0 aromatic rings. The molecule has 0 aliphatic heterocycles. The highest BCUT2D eigenvalue weighted by molar-refractivity contribution is 8.01. The largest absolute Gasteiger partial charge is 0.481 e. The number of aliphatic hydroxyl groups excluding tert-OH is 1. The smallest absolute Gasteiger partial charge is 0.307 e. The van der Waals surface area contributed by atoms with Crippen LogP contribution in [0.4, 0.5) is 0 Å². The van der Waals surface area contributed by atoms with Crippen molar-refractivity contribution in [3.05, 3.63) is 0 Å². The molecule has 0 heterocycles. The van der Waals surface area contributed by atoms with Crippen LogP contribution in [0.3, 0.4) is 0 Å². The van der Waals surface area contributed by atoms with Gasteiger partial charge in [-0.25, -0.2) is 0 Å². The summed E-state index contributed by atoms with van der Waals surface area (Å²) in [5.74, 6) is 22.1. The molecule has 0 spiro atoms. The van der Waals surface area contributed by atoms with Gasteiger partial charge in [-0.2, -0.15) is 118 Å². The highest BCUT2D eigenvalue weighted by Crippen LogP contribution is 2.23. The van der Waals surface area contributed by atoms with Crippen LogP contribution in [0, 0.1) is 40.4 Å². The molecule has 7 atom stereocenters. The lowest BCUT2D eigenvalue weighted by atomic mass is 9.96. The summed E-state index contributed by atoms with van der Waals surface area (Å²) >= 11 is 18.9. The van der Waals surface area contributed by atoms with Gasteiger partial charge in [-0.3, -0.25) is 34.1 Å². The average Bonchev–Trinajstić information content (AvgIpc) is 0.908. The fourth-order valence-electron chi connectivity index (χ4n) is 6.36. The molecular weight excluding hydrogens is 1560 g/mol. The molecule has 0 aliphatic carbocycles. The predicted molar refractivity (Wildman–Crippen MR) is 517 cm³/mol. The molecule has 0 radical (unpaired) electrons. The van der Waals surface area contributed by atoms with Crippen LogP contribution in [-0.2, 0) is 33.5 Å². The van der Waals surface area contributed by atoms with E-state index in [4.69, 9.17) is 32.2 Å². The molecule has 662 valence electrons. The average molecular weight is 1740 g/mol. The van der Waals surface area contributed by atoms with Crippen LogP contribution in [0.1, 0.15) is 316 Å². The van der Waals surface area contributed by atoms with Gasteiger partial charge in [-0.05, 0) is 187 Å². The molecule has 0 bridgehead atoms. The number of nitrogens with two attached hydrogens (primary N) is 3. The highest BCUT2D eigenvalue weighted by Gasteiger charge is 2.24. The van der Waals surface area contributed by atoms with Crippen LogP contribution in [0.2, 0.25) is 0 Å². The van der Waals surface area contributed by atoms with E-state index in [1.807, 2.05) is 119 Å². The van der Waals surface area contributed by atoms with Gasteiger partial charge in [0.25, 0.3) is 0 Å². The third kappa shape index (κ3) is 141. The first-order valence-electron chi connectivity index (χ1n) is 41.7. The number of carbonyl (C=O) groups excluding carboxylic acids is 5. The summed E-state index contributed by atoms with van der Waals surface area (Å²) in [6, 6.07) is 0.846. The Balaban J connectivity index is -0.000000125. The Morgan fingerprint density at radius 2 is 0.679 bits per heavy atom. The molecule has 0 saturated carbocycles. The summed E-state index contributed by atoms with van der Waals surface area (Å²) < 4.78 is 5.61. The number of aliphatic hydroxyl groups is 1. The lowest BCUT2D eigenvalue weighted by Gasteiger charge is -2.21. The molecule has 10 N–H and O–H groups in total. The molecule has 24 heteroatoms. The SMILES string of the molecule is CCCCSCC(C)(C)C.CCCCSCC(C)(C)C(N)=O.CCCCSCC(C)C.CCCCSCC(C)C(=O)O.CCCCSCC(C)C(C)=O.CCCCSCC(C)C(N)=O.CCCCSCC(C)NC(C)=O.CCCCSCC(C)NCOC(C)(C)C.CCCCSCC(C)O.CCSCC(C)C(N)=O. The van der Waals surface area contributed by atoms with E-state index in [1.165, 1.54) is 167 Å². The van der Waals surface area contributed by atoms with Crippen molar-refractivity contribution in [2.75, 3.05) is 122 Å². The molecule has 0 aromatic heterocycles. The number of thioether (sulfide) groups is 10. The van der Waals surface area contributed by atoms with Crippen molar-refractivity contribution in [3.8, 4) is 0 Å². The molecule has 7 unspecified atom stereocenters. The van der Waals surface area contributed by atoms with Crippen LogP contribution in [-0.4, -0.2) is 191 Å². The van der Waals surface area contributed by atoms with Gasteiger partial charge in [0.1, 0.15) is 5.78 Å². The monoisotopic (exact) mass is 1740 g/mol. The summed E-state index contributed by atoms with van der Waals surface area (Å²) in [4.78, 5) is 63.6. The summed E-state index contributed by atoms with van der Waals surface area (Å²) in [5, 5.41) is 23.6. The quantitative estimate of drug-likeness (QED) is 0.0221. The predicted octanol–water partition coefficient (Wildman–Crippen LogP) is 23.5. The van der Waals surface area contributed by atoms with Crippen molar-refractivity contribution < 1.29 is 43.7 Å². The molecule has 0 rings (SSSR count). The standard InChI is InChI=1S/C12H27NOS.2C9H19NOS.C9H18OS.C9H20S.C8H17NOS.C8H16O2S.C8H18S.C7H16OS.C6H13NOS/c1-6-7-8-15-9-11(2)13-10-14-12(3,4)5;1-4-5-6-12-7-9(2,3)8(10)11;1-4-5-6-12-7-8(2)10-9(3)11;1-4-5-6-11-7-8(2)9(3)10;1-5-6-7-10-8-9(2,3)4;2*1-3-4-5-11-6-7(2)8(9)10;1-4-5-6-9-7-8(2)3;1-3-4-5-9-6-7(2)8;1-3-9-4-5(2)6(7)8/h11,13H,6-10H2,1-5H3;4-7H2,1-3H3,(H2,10,11);8H,4-7H2,1-3H3,(H,10,11);8H,4-7H2,1-3H3;5-8H2,1-4H3;7H,3-6H2,1-2H3,(H2,9,10);7H,3-6H2,1-2H3,(H,9,10);8H,4-7H2,1-3H3;7-8H,3-6H2,1-2H3;5H,3-4H2,1-2H3,(H2,7,8). The van der Waals surface area contributed by atoms with Gasteiger partial charge in [0, 0.05) is 82.8 Å². The molecule has 109 heavy (non-hydrogen) atoms. The Hall–Kier alpha value is 0.400. The second-order valence-electron chi connectivity index (χ2n) is 31.0. The zero-order valence-electron chi connectivity index (χ0n) is 76.3. The Kier molecular flexibility index (Phi) is 118. The minimum absolute atomic E-state index is 0.0231. The number of hydrogen-bond donors (Lipinski definition) is 7. The molecule has 14 nitrogen and oxygen atoms in total. The van der Waals surface area contributed by atoms with E-state index in [0.29, 0.717) is 30.0 Å². The second kappa shape index (κ2) is 99.0. The summed E-state index contributed by atoms with van der Waals surface area (Å²) in [6.07, 6.45) is 22.8. The number of rotatable bonds is 56. The van der Waals surface area contributed by atoms with Gasteiger partial charge in [-0.15, -0.1) is 0 Å². The summed E-state index contributed by atoms with van der Waals surface area (Å²) in [6.45, 7) is 60.8. The van der Waals surface area contributed by atoms with Gasteiger partial charge in [0.15, 0.2) is 0 Å². The van der Waals surface area contributed by atoms with E-state index in [2.05, 4.69) is 166 Å². The minimum atomic E-state index is -0.686. The van der Waals surface area contributed by atoms with E-state index in [-0.39, 0.29) is 64.4 Å². The Morgan fingerprint density at radius 1 is 0.385 bits per heavy atom. The molecule has 0 saturated heterocycles. The van der Waals surface area contributed by atoms with E-state index in [0.717, 1.165) is 69.2 Å². The zero-order valence-corrected chi connectivity index (χ0v) is 84.4. The number of carboxylic acid groups (broad SMARTS) is 1. The molecular formula is C85H183N5O9S10. The van der Waals surface area contributed by atoms with Crippen LogP contribution < -0.4 is 27.8 Å². The van der Waals surface area contributed by atoms with Crippen molar-refractivity contribution >= 4 is 153 Å². The first-order valence-corrected chi connectivity index (χ1v) is 53.2. The Morgan fingerprint density at radius 3 is 0.954 bits per heavy atom. The number of aliphatic carboxylic acids is 1. The Labute approximate surface area is 720 Å².